The van der Waals surface area contributed by atoms with E-state index in [0.717, 1.165) is 21.7 Å². The van der Waals surface area contributed by atoms with Gasteiger partial charge in [-0.15, -0.1) is 11.3 Å². The maximum atomic E-state index is 13.7. The molecule has 1 aromatic heterocycles. The predicted molar refractivity (Wildman–Crippen MR) is 157 cm³/mol. The van der Waals surface area contributed by atoms with Crippen molar-refractivity contribution in [1.82, 2.24) is 20.5 Å². The molecule has 41 heavy (non-hydrogen) atoms. The number of rotatable bonds is 14. The van der Waals surface area contributed by atoms with Gasteiger partial charge >= 0.3 is 0 Å². The summed E-state index contributed by atoms with van der Waals surface area (Å²) in [5.41, 5.74) is 9.50. The van der Waals surface area contributed by atoms with Crippen LogP contribution in [0.2, 0.25) is 0 Å². The number of amides is 3. The van der Waals surface area contributed by atoms with Gasteiger partial charge in [-0.25, -0.2) is 4.98 Å². The molecule has 2 heterocycles. The van der Waals surface area contributed by atoms with Crippen molar-refractivity contribution in [3.05, 3.63) is 41.0 Å². The van der Waals surface area contributed by atoms with Crippen molar-refractivity contribution in [2.45, 2.75) is 65.3 Å². The highest BCUT2D eigenvalue weighted by atomic mass is 32.1. The first kappa shape index (κ1) is 32.6. The number of aliphatic hydroxyl groups is 1. The summed E-state index contributed by atoms with van der Waals surface area (Å²) in [5.74, 6) is -1.08. The Labute approximate surface area is 245 Å². The van der Waals surface area contributed by atoms with E-state index < -0.39 is 29.5 Å². The molecule has 1 aliphatic rings. The fourth-order valence-corrected chi connectivity index (χ4v) is 5.40. The molecule has 1 fully saturated rings. The normalized spacial score (nSPS) is 17.9. The summed E-state index contributed by atoms with van der Waals surface area (Å²) in [6, 6.07) is 6.16. The Bertz CT molecular complexity index is 1150. The number of likely N-dealkylation sites (tertiary alicyclic amines) is 1. The number of carbonyl (C=O) groups excluding carboxylic acids is 3. The van der Waals surface area contributed by atoms with Crippen molar-refractivity contribution >= 4 is 29.1 Å². The van der Waals surface area contributed by atoms with Crippen molar-refractivity contribution in [3.8, 4) is 10.4 Å². The molecular formula is C29H43N5O6S. The number of ether oxygens (including phenoxy) is 2. The van der Waals surface area contributed by atoms with E-state index in [2.05, 4.69) is 15.6 Å². The van der Waals surface area contributed by atoms with Gasteiger partial charge in [-0.3, -0.25) is 14.4 Å². The lowest BCUT2D eigenvalue weighted by Gasteiger charge is -2.35. The number of hydrogen-bond donors (Lipinski definition) is 4. The molecule has 0 bridgehead atoms. The second-order valence-electron chi connectivity index (χ2n) is 11.2. The number of aromatic nitrogens is 1. The Balaban J connectivity index is 1.57. The average Bonchev–Trinajstić information content (AvgIpc) is 3.54. The molecule has 1 unspecified atom stereocenters. The Morgan fingerprint density at radius 3 is 2.44 bits per heavy atom. The zero-order chi connectivity index (χ0) is 30.0. The topological polar surface area (TPSA) is 156 Å². The van der Waals surface area contributed by atoms with E-state index in [1.165, 1.54) is 4.90 Å². The highest BCUT2D eigenvalue weighted by molar-refractivity contribution is 7.13. The van der Waals surface area contributed by atoms with Crippen LogP contribution in [0.25, 0.3) is 10.4 Å². The second kappa shape index (κ2) is 15.4. The summed E-state index contributed by atoms with van der Waals surface area (Å²) in [4.78, 5) is 46.3. The molecule has 0 aliphatic carbocycles. The molecule has 0 spiro atoms. The van der Waals surface area contributed by atoms with Gasteiger partial charge < -0.3 is 35.8 Å². The molecule has 5 N–H and O–H groups in total. The smallest absolute Gasteiger partial charge is 0.246 e. The lowest BCUT2D eigenvalue weighted by Crippen LogP contribution is -2.57. The molecule has 3 amide bonds. The van der Waals surface area contributed by atoms with Gasteiger partial charge in [0.1, 0.15) is 12.1 Å². The third kappa shape index (κ3) is 9.57. The standard InChI is InChI=1S/C29H43N5O6S/c1-19-25(41-18-32-19)21-7-5-20(6-8-21)16-31-27(37)23-15-22(35)17-34(23)28(38)26(29(2,3)4)33-24(36)9-11-39-13-14-40-12-10-30/h5-8,18,22-23,26,35H,9-17,30H2,1-4H3,(H,31,37)(H,33,36)/t22?,23-,26+/m0/s1. The molecule has 1 saturated heterocycles. The van der Waals surface area contributed by atoms with Crippen LogP contribution in [0.3, 0.4) is 0 Å². The number of nitrogens with one attached hydrogen (secondary N) is 2. The van der Waals surface area contributed by atoms with Crippen molar-refractivity contribution in [1.29, 1.82) is 0 Å². The lowest BCUT2D eigenvalue weighted by atomic mass is 9.85. The fraction of sp³-hybridized carbons (Fsp3) is 0.586. The average molecular weight is 590 g/mol. The minimum Gasteiger partial charge on any atom is -0.391 e. The van der Waals surface area contributed by atoms with Crippen molar-refractivity contribution in [2.24, 2.45) is 11.1 Å². The summed E-state index contributed by atoms with van der Waals surface area (Å²) in [6.45, 7) is 9.61. The molecular weight excluding hydrogens is 546 g/mol. The Kier molecular flexibility index (Phi) is 12.2. The number of thiazole rings is 1. The quantitative estimate of drug-likeness (QED) is 0.242. The zero-order valence-corrected chi connectivity index (χ0v) is 25.2. The van der Waals surface area contributed by atoms with Crippen molar-refractivity contribution < 1.29 is 29.0 Å². The first-order valence-electron chi connectivity index (χ1n) is 13.9. The van der Waals surface area contributed by atoms with Crippen LogP contribution in [0.15, 0.2) is 29.8 Å². The SMILES string of the molecule is Cc1ncsc1-c1ccc(CNC(=O)[C@@H]2CC(O)CN2C(=O)[C@@H](NC(=O)CCOCCOCCN)C(C)(C)C)cc1. The van der Waals surface area contributed by atoms with E-state index in [1.807, 2.05) is 57.5 Å². The number of benzene rings is 1. The summed E-state index contributed by atoms with van der Waals surface area (Å²) < 4.78 is 10.7. The van der Waals surface area contributed by atoms with Crippen LogP contribution >= 0.6 is 11.3 Å². The van der Waals surface area contributed by atoms with Crippen LogP contribution < -0.4 is 16.4 Å². The number of aliphatic hydroxyl groups excluding tert-OH is 1. The second-order valence-corrected chi connectivity index (χ2v) is 12.1. The van der Waals surface area contributed by atoms with Crippen molar-refractivity contribution in [2.75, 3.05) is 39.5 Å². The minimum absolute atomic E-state index is 0.0220. The number of nitrogens with zero attached hydrogens (tertiary/aromatic N) is 2. The van der Waals surface area contributed by atoms with Gasteiger partial charge in [0.25, 0.3) is 0 Å². The highest BCUT2D eigenvalue weighted by Crippen LogP contribution is 2.28. The highest BCUT2D eigenvalue weighted by Gasteiger charge is 2.44. The maximum absolute atomic E-state index is 13.7. The maximum Gasteiger partial charge on any atom is 0.246 e. The van der Waals surface area contributed by atoms with E-state index >= 15 is 0 Å². The fourth-order valence-electron chi connectivity index (χ4n) is 4.58. The third-order valence-corrected chi connectivity index (χ3v) is 7.80. The lowest BCUT2D eigenvalue weighted by molar-refractivity contribution is -0.144. The van der Waals surface area contributed by atoms with E-state index in [-0.39, 0.29) is 44.4 Å². The monoisotopic (exact) mass is 589 g/mol. The molecule has 0 saturated carbocycles. The zero-order valence-electron chi connectivity index (χ0n) is 24.4. The van der Waals surface area contributed by atoms with Gasteiger partial charge in [0.15, 0.2) is 0 Å². The van der Waals surface area contributed by atoms with Crippen LogP contribution in [0, 0.1) is 12.3 Å². The molecule has 2 aromatic rings. The number of hydrogen-bond acceptors (Lipinski definition) is 9. The summed E-state index contributed by atoms with van der Waals surface area (Å²) >= 11 is 1.58. The van der Waals surface area contributed by atoms with Gasteiger partial charge in [0, 0.05) is 32.5 Å². The molecule has 12 heteroatoms. The largest absolute Gasteiger partial charge is 0.391 e. The van der Waals surface area contributed by atoms with Crippen molar-refractivity contribution in [3.63, 3.8) is 0 Å². The van der Waals surface area contributed by atoms with E-state index in [1.54, 1.807) is 11.3 Å². The van der Waals surface area contributed by atoms with Gasteiger partial charge in [0.2, 0.25) is 17.7 Å². The summed E-state index contributed by atoms with van der Waals surface area (Å²) in [5, 5.41) is 16.1. The number of nitrogens with two attached hydrogens (primary N) is 1. The van der Waals surface area contributed by atoms with E-state index in [0.29, 0.717) is 26.4 Å². The predicted octanol–water partition coefficient (Wildman–Crippen LogP) is 1.61. The number of aryl methyl sites for hydroxylation is 1. The Hall–Kier alpha value is -2.90. The molecule has 1 aliphatic heterocycles. The molecule has 0 radical (unpaired) electrons. The summed E-state index contributed by atoms with van der Waals surface area (Å²) in [7, 11) is 0. The Morgan fingerprint density at radius 1 is 1.15 bits per heavy atom. The molecule has 11 nitrogen and oxygen atoms in total. The van der Waals surface area contributed by atoms with E-state index in [9.17, 15) is 19.5 Å². The van der Waals surface area contributed by atoms with Gasteiger partial charge in [0.05, 0.1) is 48.6 Å². The van der Waals surface area contributed by atoms with Gasteiger partial charge in [-0.1, -0.05) is 45.0 Å². The van der Waals surface area contributed by atoms with Crippen LogP contribution in [0.5, 0.6) is 0 Å². The molecule has 3 atom stereocenters. The van der Waals surface area contributed by atoms with Gasteiger partial charge in [-0.2, -0.15) is 0 Å². The number of β-amino-alcohol motifs (C(OH)–C–C–N with tert-alkyl or cyclic N) is 1. The molecule has 3 rings (SSSR count). The van der Waals surface area contributed by atoms with Crippen LogP contribution in [-0.4, -0.2) is 90.4 Å². The molecule has 226 valence electrons. The minimum atomic E-state index is -0.883. The van der Waals surface area contributed by atoms with Gasteiger partial charge in [-0.05, 0) is 23.5 Å². The third-order valence-electron chi connectivity index (χ3n) is 6.82. The first-order chi connectivity index (χ1) is 19.5. The van der Waals surface area contributed by atoms with Crippen LogP contribution in [-0.2, 0) is 30.4 Å². The Morgan fingerprint density at radius 2 is 1.83 bits per heavy atom. The van der Waals surface area contributed by atoms with Crippen LogP contribution in [0.4, 0.5) is 0 Å². The summed E-state index contributed by atoms with van der Waals surface area (Å²) in [6.07, 6.45) is -0.626. The van der Waals surface area contributed by atoms with E-state index in [4.69, 9.17) is 15.2 Å². The van der Waals surface area contributed by atoms with Crippen LogP contribution in [0.1, 0.15) is 44.9 Å². The number of carbonyl (C=O) groups is 3. The molecule has 1 aromatic carbocycles. The first-order valence-corrected chi connectivity index (χ1v) is 14.8.